The van der Waals surface area contributed by atoms with Gasteiger partial charge in [0.05, 0.1) is 0 Å². The van der Waals surface area contributed by atoms with Gasteiger partial charge in [-0.15, -0.1) is 0 Å². The summed E-state index contributed by atoms with van der Waals surface area (Å²) in [6.45, 7) is 0. The Kier molecular flexibility index (Phi) is 3.63. The zero-order chi connectivity index (χ0) is 10.7. The first-order valence-corrected chi connectivity index (χ1v) is 5.05. The molecule has 64 valence electrons. The van der Waals surface area contributed by atoms with Gasteiger partial charge in [-0.05, 0) is 0 Å². The number of benzene rings is 2. The van der Waals surface area contributed by atoms with Crippen LogP contribution in [0.3, 0.4) is 0 Å². The van der Waals surface area contributed by atoms with Gasteiger partial charge >= 0.3 is 109 Å². The van der Waals surface area contributed by atoms with E-state index in [1.54, 1.807) is 0 Å². The Morgan fingerprint density at radius 3 is 1.27 bits per heavy atom. The molecule has 3 heteroatoms. The molecule has 0 aliphatic heterocycles. The molecule has 2 aromatic rings. The fraction of sp³-hybridized carbons (Fsp3) is 0. The molecule has 0 saturated carbocycles. The molecule has 0 unspecified atom stereocenters. The van der Waals surface area contributed by atoms with Crippen LogP contribution in [0.5, 0.6) is 11.5 Å². The van der Waals surface area contributed by atoms with Gasteiger partial charge < -0.3 is 0 Å². The van der Waals surface area contributed by atoms with Crippen molar-refractivity contribution in [2.75, 3.05) is 0 Å². The minimum absolute atomic E-state index is 0.879. The van der Waals surface area contributed by atoms with Gasteiger partial charge in [0.15, 0.2) is 0 Å². The fourth-order valence-electron chi connectivity index (χ4n) is 1.35. The summed E-state index contributed by atoms with van der Waals surface area (Å²) in [7, 11) is 0. The number of hydrogen-bond donors (Lipinski definition) is 0. The van der Waals surface area contributed by atoms with Crippen LogP contribution in [0.25, 0.3) is 0 Å². The standard InChI is InChI=1S/C12H8O.2Li/c1-3-7-11(8-4-1)13-12-9-5-2-6-10-12;;/h3-10H;;. The monoisotopic (exact) mass is 182 g/mol. The van der Waals surface area contributed by atoms with Crippen molar-refractivity contribution in [1.82, 2.24) is 0 Å². The van der Waals surface area contributed by atoms with Crippen molar-refractivity contribution in [3.8, 4) is 11.5 Å². The molecule has 0 N–H and O–H groups in total. The number of rotatable bonds is 2. The molecular weight excluding hydrogens is 174 g/mol. The number of ether oxygens (including phenoxy) is 1. The summed E-state index contributed by atoms with van der Waals surface area (Å²) >= 11 is 4.13. The quantitative estimate of drug-likeness (QED) is 0.631. The Bertz CT molecular complexity index is 391. The van der Waals surface area contributed by atoms with Crippen molar-refractivity contribution >= 4 is 43.9 Å². The van der Waals surface area contributed by atoms with Crippen LogP contribution in [0, 0.1) is 0 Å². The molecule has 0 atom stereocenters. The van der Waals surface area contributed by atoms with Gasteiger partial charge in [-0.25, -0.2) is 0 Å². The van der Waals surface area contributed by atoms with Gasteiger partial charge in [0.25, 0.3) is 0 Å². The molecule has 0 spiro atoms. The minimum atomic E-state index is 0.879. The molecule has 0 saturated heterocycles. The van der Waals surface area contributed by atoms with Crippen molar-refractivity contribution in [2.45, 2.75) is 0 Å². The topological polar surface area (TPSA) is 9.23 Å². The van der Waals surface area contributed by atoms with Gasteiger partial charge in [-0.1, -0.05) is 0 Å². The second-order valence-corrected chi connectivity index (χ2v) is 3.73. The molecule has 0 radical (unpaired) electrons. The third-order valence-electron chi connectivity index (χ3n) is 2.28. The zero-order valence-electron chi connectivity index (χ0n) is 9.03. The first kappa shape index (κ1) is 10.9. The Morgan fingerprint density at radius 1 is 0.600 bits per heavy atom. The maximum absolute atomic E-state index is 5.69. The van der Waals surface area contributed by atoms with E-state index < -0.39 is 0 Å². The SMILES string of the molecule is [Li][c]1ccc(Oc2cc[c]([Li])cc2)cc1. The van der Waals surface area contributed by atoms with E-state index in [2.05, 4.69) is 35.4 Å². The van der Waals surface area contributed by atoms with E-state index in [0.717, 1.165) is 11.5 Å². The predicted octanol–water partition coefficient (Wildman–Crippen LogP) is 1.07. The summed E-state index contributed by atoms with van der Waals surface area (Å²) in [6.07, 6.45) is 0. The molecule has 0 fully saturated rings. The molecule has 0 bridgehead atoms. The van der Waals surface area contributed by atoms with Gasteiger partial charge in [0.1, 0.15) is 0 Å². The maximum atomic E-state index is 5.69. The van der Waals surface area contributed by atoms with Crippen LogP contribution in [-0.2, 0) is 0 Å². The molecule has 0 heterocycles. The van der Waals surface area contributed by atoms with Crippen molar-refractivity contribution in [3.63, 3.8) is 0 Å². The van der Waals surface area contributed by atoms with E-state index >= 15 is 0 Å². The first-order chi connectivity index (χ1) is 7.24. The summed E-state index contributed by atoms with van der Waals surface area (Å²) in [5, 5.41) is 0. The van der Waals surface area contributed by atoms with Crippen LogP contribution in [0.2, 0.25) is 0 Å². The molecular formula is C12H8Li2O. The Balaban J connectivity index is 2.15. The van der Waals surface area contributed by atoms with Gasteiger partial charge in [-0.3, -0.25) is 0 Å². The van der Waals surface area contributed by atoms with E-state index in [0.29, 0.717) is 0 Å². The predicted molar refractivity (Wildman–Crippen MR) is 63.7 cm³/mol. The van der Waals surface area contributed by atoms with Gasteiger partial charge in [0.2, 0.25) is 0 Å². The molecule has 2 aromatic carbocycles. The van der Waals surface area contributed by atoms with Crippen molar-refractivity contribution in [1.29, 1.82) is 0 Å². The summed E-state index contributed by atoms with van der Waals surface area (Å²) in [6, 6.07) is 16.1. The second kappa shape index (κ2) is 4.97. The van der Waals surface area contributed by atoms with E-state index in [1.165, 1.54) is 8.47 Å². The van der Waals surface area contributed by atoms with Gasteiger partial charge in [-0.2, -0.15) is 0 Å². The van der Waals surface area contributed by atoms with Crippen LogP contribution in [0.15, 0.2) is 48.5 Å². The molecule has 0 aliphatic rings. The fourth-order valence-corrected chi connectivity index (χ4v) is 1.35. The van der Waals surface area contributed by atoms with E-state index in [9.17, 15) is 0 Å². The average Bonchev–Trinajstić information content (AvgIpc) is 2.25. The van der Waals surface area contributed by atoms with E-state index in [-0.39, 0.29) is 0 Å². The normalized spacial score (nSPS) is 10.1. The second-order valence-electron chi connectivity index (χ2n) is 3.73. The molecule has 0 aromatic heterocycles. The number of hydrogen-bond acceptors (Lipinski definition) is 1. The molecule has 0 aliphatic carbocycles. The third kappa shape index (κ3) is 3.20. The molecule has 2 rings (SSSR count). The summed E-state index contributed by atoms with van der Waals surface area (Å²) < 4.78 is 8.17. The van der Waals surface area contributed by atoms with Crippen LogP contribution >= 0.6 is 0 Å². The van der Waals surface area contributed by atoms with Crippen LogP contribution in [0.1, 0.15) is 0 Å². The van der Waals surface area contributed by atoms with Crippen molar-refractivity contribution in [3.05, 3.63) is 48.5 Å². The van der Waals surface area contributed by atoms with Crippen molar-refractivity contribution in [2.24, 2.45) is 0 Å². The Morgan fingerprint density at radius 2 is 0.933 bits per heavy atom. The molecule has 1 nitrogen and oxygen atoms in total. The molecule has 0 amide bonds. The van der Waals surface area contributed by atoms with Crippen LogP contribution in [-0.4, -0.2) is 35.4 Å². The van der Waals surface area contributed by atoms with Gasteiger partial charge in [0, 0.05) is 0 Å². The Labute approximate surface area is 108 Å². The third-order valence-corrected chi connectivity index (χ3v) is 2.28. The summed E-state index contributed by atoms with van der Waals surface area (Å²) in [5.41, 5.74) is 0. The van der Waals surface area contributed by atoms with E-state index in [4.69, 9.17) is 4.74 Å². The van der Waals surface area contributed by atoms with Crippen molar-refractivity contribution < 1.29 is 4.74 Å². The van der Waals surface area contributed by atoms with Crippen LogP contribution < -0.4 is 13.2 Å². The summed E-state index contributed by atoms with van der Waals surface area (Å²) in [5.74, 6) is 1.76. The van der Waals surface area contributed by atoms with E-state index in [1.807, 2.05) is 48.5 Å². The summed E-state index contributed by atoms with van der Waals surface area (Å²) in [4.78, 5) is 0. The molecule has 15 heavy (non-hydrogen) atoms. The van der Waals surface area contributed by atoms with Crippen LogP contribution in [0.4, 0.5) is 0 Å². The first-order valence-electron chi connectivity index (χ1n) is 5.05. The average molecular weight is 182 g/mol. The Hall–Kier alpha value is -0.565. The zero-order valence-corrected chi connectivity index (χ0v) is 9.03.